The Bertz CT molecular complexity index is 2480. The minimum atomic E-state index is -4.52. The normalized spacial score (nSPS) is 16.0. The first kappa shape index (κ1) is 32.8. The topological polar surface area (TPSA) is 121 Å². The molecule has 0 fully saturated rings. The van der Waals surface area contributed by atoms with Gasteiger partial charge in [-0.25, -0.2) is 4.68 Å². The van der Waals surface area contributed by atoms with Gasteiger partial charge in [0.2, 0.25) is 17.5 Å². The monoisotopic (exact) mass is 722 g/mol. The average molecular weight is 723 g/mol. The van der Waals surface area contributed by atoms with Crippen molar-refractivity contribution < 1.29 is 22.7 Å². The van der Waals surface area contributed by atoms with Gasteiger partial charge in [0.25, 0.3) is 0 Å². The van der Waals surface area contributed by atoms with Gasteiger partial charge in [-0.05, 0) is 65.0 Å². The fourth-order valence-corrected chi connectivity index (χ4v) is 6.45. The highest BCUT2D eigenvalue weighted by molar-refractivity contribution is 6.31. The number of rotatable bonds is 7. The molecule has 0 spiro atoms. The Morgan fingerprint density at radius 3 is 2.38 bits per heavy atom. The lowest BCUT2D eigenvalue weighted by Gasteiger charge is -2.31. The summed E-state index contributed by atoms with van der Waals surface area (Å²) in [5.74, 6) is 0.147. The zero-order valence-corrected chi connectivity index (χ0v) is 28.2. The molecule has 52 heavy (non-hydrogen) atoms. The first-order chi connectivity index (χ1) is 25.0. The molecule has 260 valence electrons. The molecule has 8 rings (SSSR count). The summed E-state index contributed by atoms with van der Waals surface area (Å²) in [5.41, 5.74) is 2.11. The fraction of sp³-hybridized carbons (Fsp3) is 0.139. The van der Waals surface area contributed by atoms with Crippen LogP contribution < -0.4 is 0 Å². The van der Waals surface area contributed by atoms with Crippen molar-refractivity contribution in [3.63, 3.8) is 0 Å². The van der Waals surface area contributed by atoms with E-state index in [2.05, 4.69) is 25.6 Å². The van der Waals surface area contributed by atoms with Crippen molar-refractivity contribution in [2.24, 2.45) is 5.10 Å². The van der Waals surface area contributed by atoms with E-state index in [-0.39, 0.29) is 12.4 Å². The maximum Gasteiger partial charge on any atom is 0.416 e. The van der Waals surface area contributed by atoms with Gasteiger partial charge in [-0.15, -0.1) is 10.2 Å². The van der Waals surface area contributed by atoms with E-state index < -0.39 is 23.4 Å². The molecule has 7 aromatic rings. The number of ether oxygens (including phenoxy) is 1. The highest BCUT2D eigenvalue weighted by Crippen LogP contribution is 2.40. The Kier molecular flexibility index (Phi) is 7.86. The van der Waals surface area contributed by atoms with Crippen LogP contribution in [0.2, 0.25) is 5.02 Å². The van der Waals surface area contributed by atoms with Gasteiger partial charge in [-0.1, -0.05) is 41.9 Å². The third-order valence-corrected chi connectivity index (χ3v) is 8.97. The molecule has 0 saturated heterocycles. The fourth-order valence-electron chi connectivity index (χ4n) is 6.28. The number of halogens is 4. The summed E-state index contributed by atoms with van der Waals surface area (Å²) in [4.78, 5) is 16.9. The predicted octanol–water partition coefficient (Wildman–Crippen LogP) is 7.27. The van der Waals surface area contributed by atoms with Gasteiger partial charge in [0.1, 0.15) is 12.2 Å². The smallest absolute Gasteiger partial charge is 0.416 e. The van der Waals surface area contributed by atoms with Crippen LogP contribution >= 0.6 is 11.6 Å². The van der Waals surface area contributed by atoms with Crippen LogP contribution in [-0.4, -0.2) is 56.4 Å². The average Bonchev–Trinajstić information content (AvgIpc) is 3.93. The molecule has 1 amide bonds. The molecule has 0 saturated carbocycles. The van der Waals surface area contributed by atoms with Crippen molar-refractivity contribution in [1.82, 2.24) is 44.5 Å². The van der Waals surface area contributed by atoms with E-state index in [1.54, 1.807) is 34.7 Å². The van der Waals surface area contributed by atoms with E-state index in [0.717, 1.165) is 39.4 Å². The van der Waals surface area contributed by atoms with Gasteiger partial charge in [-0.2, -0.15) is 28.0 Å². The summed E-state index contributed by atoms with van der Waals surface area (Å²) in [5, 5.41) is 24.5. The molecule has 0 N–H and O–H groups in total. The standard InChI is InChI=1S/C36H26ClF3N10O2/c1-22(51)50-35(2,23-8-10-24(11-9-23)36(38,39)40)52-32(43-50)21-47-19-29(28-18-25(37)12-13-31(28)47)33-30(20-48(44-33)26-14-16-41-17-15-26)34-42-45-46-49(34)27-6-4-3-5-7-27/h3-20H,21H2,1-2H3. The highest BCUT2D eigenvalue weighted by atomic mass is 35.5. The molecule has 3 aromatic carbocycles. The molecule has 1 aliphatic rings. The summed E-state index contributed by atoms with van der Waals surface area (Å²) < 4.78 is 51.5. The molecule has 16 heteroatoms. The molecule has 4 aromatic heterocycles. The first-order valence-electron chi connectivity index (χ1n) is 15.9. The highest BCUT2D eigenvalue weighted by Gasteiger charge is 2.45. The number of alkyl halides is 3. The number of pyridine rings is 1. The van der Waals surface area contributed by atoms with E-state index in [1.807, 2.05) is 71.6 Å². The van der Waals surface area contributed by atoms with Crippen LogP contribution in [0.1, 0.15) is 25.0 Å². The molecule has 1 unspecified atom stereocenters. The third kappa shape index (κ3) is 5.74. The lowest BCUT2D eigenvalue weighted by molar-refractivity contribution is -0.146. The maximum atomic E-state index is 13.3. The Labute approximate surface area is 298 Å². The Hall–Kier alpha value is -6.35. The van der Waals surface area contributed by atoms with Gasteiger partial charge >= 0.3 is 6.18 Å². The Morgan fingerprint density at radius 2 is 1.67 bits per heavy atom. The zero-order valence-electron chi connectivity index (χ0n) is 27.4. The zero-order chi connectivity index (χ0) is 36.2. The van der Waals surface area contributed by atoms with E-state index >= 15 is 0 Å². The van der Waals surface area contributed by atoms with Crippen molar-refractivity contribution in [1.29, 1.82) is 0 Å². The van der Waals surface area contributed by atoms with Gasteiger partial charge in [0.05, 0.1) is 22.5 Å². The number of para-hydroxylation sites is 1. The second-order valence-corrected chi connectivity index (χ2v) is 12.5. The third-order valence-electron chi connectivity index (χ3n) is 8.73. The van der Waals surface area contributed by atoms with Crippen LogP contribution in [0.15, 0.2) is 115 Å². The number of fused-ring (bicyclic) bond motifs is 1. The molecule has 5 heterocycles. The number of tetrazole rings is 1. The number of hydrogen-bond donors (Lipinski definition) is 0. The number of hydrogen-bond acceptors (Lipinski definition) is 8. The van der Waals surface area contributed by atoms with Gasteiger partial charge in [0.15, 0.2) is 5.82 Å². The number of benzene rings is 3. The number of aromatic nitrogens is 8. The number of amides is 1. The van der Waals surface area contributed by atoms with E-state index in [1.165, 1.54) is 19.1 Å². The van der Waals surface area contributed by atoms with E-state index in [4.69, 9.17) is 21.4 Å². The molecule has 0 bridgehead atoms. The predicted molar refractivity (Wildman–Crippen MR) is 185 cm³/mol. The van der Waals surface area contributed by atoms with Crippen LogP contribution in [0.3, 0.4) is 0 Å². The van der Waals surface area contributed by atoms with Crippen LogP contribution in [-0.2, 0) is 28.0 Å². The van der Waals surface area contributed by atoms with Crippen molar-refractivity contribution in [2.75, 3.05) is 0 Å². The largest absolute Gasteiger partial charge is 0.446 e. The van der Waals surface area contributed by atoms with Crippen molar-refractivity contribution >= 4 is 34.3 Å². The second-order valence-electron chi connectivity index (χ2n) is 12.1. The van der Waals surface area contributed by atoms with Crippen molar-refractivity contribution in [3.05, 3.63) is 126 Å². The van der Waals surface area contributed by atoms with Gasteiger partial charge in [-0.3, -0.25) is 9.78 Å². The summed E-state index contributed by atoms with van der Waals surface area (Å²) in [6.45, 7) is 2.95. The number of nitrogens with zero attached hydrogens (tertiary/aromatic N) is 10. The van der Waals surface area contributed by atoms with Crippen LogP contribution in [0.25, 0.3) is 44.9 Å². The lowest BCUT2D eigenvalue weighted by atomic mass is 10.0. The minimum Gasteiger partial charge on any atom is -0.446 e. The molecular formula is C36H26ClF3N10O2. The summed E-state index contributed by atoms with van der Waals surface area (Å²) >= 11 is 6.56. The second kappa shape index (κ2) is 12.5. The van der Waals surface area contributed by atoms with Crippen LogP contribution in [0.5, 0.6) is 0 Å². The summed E-state index contributed by atoms with van der Waals surface area (Å²) in [7, 11) is 0. The minimum absolute atomic E-state index is 0.0558. The van der Waals surface area contributed by atoms with E-state index in [0.29, 0.717) is 33.2 Å². The van der Waals surface area contributed by atoms with Crippen molar-refractivity contribution in [2.45, 2.75) is 32.3 Å². The maximum absolute atomic E-state index is 13.3. The van der Waals surface area contributed by atoms with E-state index in [9.17, 15) is 18.0 Å². The Balaban J connectivity index is 1.23. The number of carbonyl (C=O) groups is 1. The van der Waals surface area contributed by atoms with Gasteiger partial charge in [0, 0.05) is 65.7 Å². The number of carbonyl (C=O) groups excluding carboxylic acids is 1. The molecule has 1 aliphatic heterocycles. The van der Waals surface area contributed by atoms with Crippen LogP contribution in [0.4, 0.5) is 13.2 Å². The van der Waals surface area contributed by atoms with Crippen molar-refractivity contribution in [3.8, 4) is 34.0 Å². The molecule has 0 radical (unpaired) electrons. The quantitative estimate of drug-likeness (QED) is 0.170. The Morgan fingerprint density at radius 1 is 0.923 bits per heavy atom. The SMILES string of the molecule is CC(=O)N1N=C(Cn2cc(-c3nn(-c4ccncc4)cc3-c3nnnn3-c3ccccc3)c3cc(Cl)ccc32)OC1(C)c1ccc(C(F)(F)F)cc1. The molecule has 12 nitrogen and oxygen atoms in total. The molecular weight excluding hydrogens is 697 g/mol. The lowest BCUT2D eigenvalue weighted by Crippen LogP contribution is -2.41. The van der Waals surface area contributed by atoms with Gasteiger partial charge < -0.3 is 9.30 Å². The summed E-state index contributed by atoms with van der Waals surface area (Å²) in [6, 6.07) is 23.0. The molecule has 0 aliphatic carbocycles. The number of hydrazone groups is 1. The first-order valence-corrected chi connectivity index (χ1v) is 16.3. The van der Waals surface area contributed by atoms with Crippen LogP contribution in [0, 0.1) is 0 Å². The molecule has 1 atom stereocenters. The summed E-state index contributed by atoms with van der Waals surface area (Å²) in [6.07, 6.45) is 2.53.